The Kier molecular flexibility index (Phi) is 3.41. The average molecular weight is 349 g/mol. The molecule has 7 heteroatoms. The normalized spacial score (nSPS) is 18.0. The molecule has 132 valence electrons. The fourth-order valence-electron chi connectivity index (χ4n) is 3.91. The van der Waals surface area contributed by atoms with E-state index in [1.807, 2.05) is 18.2 Å². The molecular weight excluding hydrogens is 330 g/mol. The predicted molar refractivity (Wildman–Crippen MR) is 95.1 cm³/mol. The fraction of sp³-hybridized carbons (Fsp3) is 0.368. The standard InChI is InChI=1S/C19H19N5O2/c1-13-20-18(26-23-13)15-6-7-17(22-21-15)24-10-8-19(9-11-24)12-25-16-5-3-2-4-14(16)19/h2-7H,8-12H2,1H3. The lowest BCUT2D eigenvalue weighted by Crippen LogP contribution is -2.44. The first-order valence-electron chi connectivity index (χ1n) is 8.85. The third kappa shape index (κ3) is 2.42. The molecule has 0 saturated carbocycles. The largest absolute Gasteiger partial charge is 0.492 e. The molecule has 2 aromatic heterocycles. The molecule has 0 atom stereocenters. The summed E-state index contributed by atoms with van der Waals surface area (Å²) in [6.45, 7) is 4.43. The first kappa shape index (κ1) is 15.3. The quantitative estimate of drug-likeness (QED) is 0.704. The zero-order chi connectivity index (χ0) is 17.6. The minimum Gasteiger partial charge on any atom is -0.492 e. The summed E-state index contributed by atoms with van der Waals surface area (Å²) in [5.74, 6) is 2.91. The Balaban J connectivity index is 1.32. The van der Waals surface area contributed by atoms with Crippen LogP contribution < -0.4 is 9.64 Å². The van der Waals surface area contributed by atoms with E-state index in [0.29, 0.717) is 17.4 Å². The molecule has 26 heavy (non-hydrogen) atoms. The molecule has 4 heterocycles. The molecule has 1 fully saturated rings. The van der Waals surface area contributed by atoms with Crippen LogP contribution in [0.1, 0.15) is 24.2 Å². The van der Waals surface area contributed by atoms with Crippen LogP contribution >= 0.6 is 0 Å². The van der Waals surface area contributed by atoms with E-state index in [0.717, 1.165) is 44.1 Å². The molecule has 2 aliphatic rings. The molecule has 3 aromatic rings. The van der Waals surface area contributed by atoms with E-state index in [9.17, 15) is 0 Å². The summed E-state index contributed by atoms with van der Waals surface area (Å²) in [6.07, 6.45) is 2.10. The van der Waals surface area contributed by atoms with Gasteiger partial charge in [-0.1, -0.05) is 23.4 Å². The molecule has 5 rings (SSSR count). The highest BCUT2D eigenvalue weighted by molar-refractivity contribution is 5.50. The van der Waals surface area contributed by atoms with Crippen molar-refractivity contribution in [3.05, 3.63) is 47.8 Å². The number of fused-ring (bicyclic) bond motifs is 2. The maximum atomic E-state index is 5.93. The van der Waals surface area contributed by atoms with Crippen LogP contribution in [0.5, 0.6) is 5.75 Å². The summed E-state index contributed by atoms with van der Waals surface area (Å²) >= 11 is 0. The maximum Gasteiger partial charge on any atom is 0.278 e. The van der Waals surface area contributed by atoms with Crippen molar-refractivity contribution in [2.24, 2.45) is 0 Å². The molecule has 0 aliphatic carbocycles. The smallest absolute Gasteiger partial charge is 0.278 e. The van der Waals surface area contributed by atoms with E-state index in [4.69, 9.17) is 9.26 Å². The van der Waals surface area contributed by atoms with E-state index >= 15 is 0 Å². The van der Waals surface area contributed by atoms with Crippen molar-refractivity contribution in [3.8, 4) is 17.3 Å². The van der Waals surface area contributed by atoms with Crippen LogP contribution in [0.3, 0.4) is 0 Å². The Hall–Kier alpha value is -2.96. The minimum atomic E-state index is 0.141. The Labute approximate surface area is 151 Å². The number of aryl methyl sites for hydroxylation is 1. The number of rotatable bonds is 2. The van der Waals surface area contributed by atoms with Crippen molar-refractivity contribution in [2.75, 3.05) is 24.6 Å². The maximum absolute atomic E-state index is 5.93. The van der Waals surface area contributed by atoms with Gasteiger partial charge in [0.25, 0.3) is 5.89 Å². The van der Waals surface area contributed by atoms with Crippen LogP contribution in [0.15, 0.2) is 40.9 Å². The summed E-state index contributed by atoms with van der Waals surface area (Å²) in [7, 11) is 0. The highest BCUT2D eigenvalue weighted by Crippen LogP contribution is 2.45. The zero-order valence-electron chi connectivity index (χ0n) is 14.6. The Morgan fingerprint density at radius 1 is 1.04 bits per heavy atom. The number of anilines is 1. The summed E-state index contributed by atoms with van der Waals surface area (Å²) in [5.41, 5.74) is 2.09. The van der Waals surface area contributed by atoms with Crippen molar-refractivity contribution in [1.82, 2.24) is 20.3 Å². The van der Waals surface area contributed by atoms with Crippen LogP contribution in [0.4, 0.5) is 5.82 Å². The van der Waals surface area contributed by atoms with E-state index in [-0.39, 0.29) is 5.41 Å². The second-order valence-electron chi connectivity index (χ2n) is 6.98. The van der Waals surface area contributed by atoms with Crippen molar-refractivity contribution in [3.63, 3.8) is 0 Å². The Morgan fingerprint density at radius 2 is 1.88 bits per heavy atom. The molecule has 0 radical (unpaired) electrons. The first-order valence-corrected chi connectivity index (χ1v) is 8.85. The topological polar surface area (TPSA) is 77.2 Å². The SMILES string of the molecule is Cc1noc(-c2ccc(N3CCC4(CC3)COc3ccccc34)nn2)n1. The van der Waals surface area contributed by atoms with Crippen LogP contribution in [-0.4, -0.2) is 40.0 Å². The molecule has 2 aliphatic heterocycles. The number of aromatic nitrogens is 4. The number of para-hydroxylation sites is 1. The summed E-state index contributed by atoms with van der Waals surface area (Å²) in [4.78, 5) is 6.46. The molecule has 0 unspecified atom stereocenters. The van der Waals surface area contributed by atoms with E-state index in [2.05, 4.69) is 43.4 Å². The van der Waals surface area contributed by atoms with Gasteiger partial charge in [-0.3, -0.25) is 0 Å². The summed E-state index contributed by atoms with van der Waals surface area (Å²) in [5, 5.41) is 12.4. The van der Waals surface area contributed by atoms with Crippen LogP contribution in [-0.2, 0) is 5.41 Å². The lowest BCUT2D eigenvalue weighted by molar-refractivity contribution is 0.230. The average Bonchev–Trinajstić information content (AvgIpc) is 3.28. The van der Waals surface area contributed by atoms with Gasteiger partial charge in [0.1, 0.15) is 5.75 Å². The van der Waals surface area contributed by atoms with Gasteiger partial charge in [-0.15, -0.1) is 10.2 Å². The van der Waals surface area contributed by atoms with Crippen LogP contribution in [0.2, 0.25) is 0 Å². The number of piperidine rings is 1. The van der Waals surface area contributed by atoms with Gasteiger partial charge in [0.15, 0.2) is 17.3 Å². The van der Waals surface area contributed by atoms with Gasteiger partial charge in [-0.25, -0.2) is 0 Å². The second kappa shape index (κ2) is 5.79. The second-order valence-corrected chi connectivity index (χ2v) is 6.98. The van der Waals surface area contributed by atoms with E-state index in [1.165, 1.54) is 5.56 Å². The number of nitrogens with zero attached hydrogens (tertiary/aromatic N) is 5. The van der Waals surface area contributed by atoms with Crippen molar-refractivity contribution in [1.29, 1.82) is 0 Å². The van der Waals surface area contributed by atoms with Crippen molar-refractivity contribution >= 4 is 5.82 Å². The highest BCUT2D eigenvalue weighted by atomic mass is 16.5. The molecule has 1 spiro atoms. The summed E-state index contributed by atoms with van der Waals surface area (Å²) < 4.78 is 11.1. The van der Waals surface area contributed by atoms with Crippen molar-refractivity contribution in [2.45, 2.75) is 25.2 Å². The first-order chi connectivity index (χ1) is 12.7. The van der Waals surface area contributed by atoms with Crippen LogP contribution in [0, 0.1) is 6.92 Å². The molecular formula is C19H19N5O2. The summed E-state index contributed by atoms with van der Waals surface area (Å²) in [6, 6.07) is 12.3. The highest BCUT2D eigenvalue weighted by Gasteiger charge is 2.43. The van der Waals surface area contributed by atoms with Crippen molar-refractivity contribution < 1.29 is 9.26 Å². The third-order valence-corrected chi connectivity index (χ3v) is 5.40. The van der Waals surface area contributed by atoms with Gasteiger partial charge in [0, 0.05) is 24.1 Å². The van der Waals surface area contributed by atoms with Gasteiger partial charge in [-0.05, 0) is 38.0 Å². The van der Waals surface area contributed by atoms with Crippen LogP contribution in [0.25, 0.3) is 11.6 Å². The number of hydrogen-bond donors (Lipinski definition) is 0. The molecule has 0 bridgehead atoms. The molecule has 0 N–H and O–H groups in total. The minimum absolute atomic E-state index is 0.141. The lowest BCUT2D eigenvalue weighted by atomic mass is 9.74. The number of ether oxygens (including phenoxy) is 1. The molecule has 7 nitrogen and oxygen atoms in total. The number of benzene rings is 1. The van der Waals surface area contributed by atoms with Gasteiger partial charge < -0.3 is 14.2 Å². The Bertz CT molecular complexity index is 929. The van der Waals surface area contributed by atoms with E-state index in [1.54, 1.807) is 6.92 Å². The predicted octanol–water partition coefficient (Wildman–Crippen LogP) is 2.77. The number of hydrogen-bond acceptors (Lipinski definition) is 7. The van der Waals surface area contributed by atoms with Gasteiger partial charge in [-0.2, -0.15) is 4.98 Å². The third-order valence-electron chi connectivity index (χ3n) is 5.40. The van der Waals surface area contributed by atoms with Gasteiger partial charge in [0.2, 0.25) is 0 Å². The zero-order valence-corrected chi connectivity index (χ0v) is 14.6. The van der Waals surface area contributed by atoms with Gasteiger partial charge in [0.05, 0.1) is 6.61 Å². The molecule has 0 amide bonds. The lowest BCUT2D eigenvalue weighted by Gasteiger charge is -2.38. The van der Waals surface area contributed by atoms with Gasteiger partial charge >= 0.3 is 0 Å². The fourth-order valence-corrected chi connectivity index (χ4v) is 3.91. The van der Waals surface area contributed by atoms with E-state index < -0.39 is 0 Å². The Morgan fingerprint density at radius 3 is 2.62 bits per heavy atom. The monoisotopic (exact) mass is 349 g/mol. The molecule has 1 saturated heterocycles. The molecule has 1 aromatic carbocycles.